The van der Waals surface area contributed by atoms with Crippen LogP contribution in [0, 0.1) is 17.0 Å². The van der Waals surface area contributed by atoms with Gasteiger partial charge in [0.05, 0.1) is 11.1 Å². The molecule has 2 rings (SSSR count). The van der Waals surface area contributed by atoms with Gasteiger partial charge in [0.15, 0.2) is 11.0 Å². The van der Waals surface area contributed by atoms with E-state index in [1.54, 1.807) is 6.92 Å². The number of aromatic nitrogens is 1. The number of piperidine rings is 1. The second-order valence-electron chi connectivity index (χ2n) is 5.73. The molecule has 126 valence electrons. The Labute approximate surface area is 135 Å². The third kappa shape index (κ3) is 3.36. The first-order valence-electron chi connectivity index (χ1n) is 6.89. The number of likely N-dealkylation sites (tertiary alicyclic amines) is 1. The predicted octanol–water partition coefficient (Wildman–Crippen LogP) is 2.79. The molecule has 1 fully saturated rings. The van der Waals surface area contributed by atoms with E-state index in [0.717, 1.165) is 4.90 Å². The van der Waals surface area contributed by atoms with Crippen molar-refractivity contribution >= 4 is 23.7 Å². The molecule has 1 amide bonds. The SMILES string of the molecule is C[C@@H]1CC(Cc2nc(Cl)c(F)cc2F)(C(=O)O)CCN1C(=O)O. The summed E-state index contributed by atoms with van der Waals surface area (Å²) in [5.74, 6) is -3.16. The Balaban J connectivity index is 2.32. The summed E-state index contributed by atoms with van der Waals surface area (Å²) in [7, 11) is 0. The molecule has 2 heterocycles. The summed E-state index contributed by atoms with van der Waals surface area (Å²) in [6, 6.07) is 0.0204. The molecule has 2 atom stereocenters. The highest BCUT2D eigenvalue weighted by Gasteiger charge is 2.46. The van der Waals surface area contributed by atoms with Gasteiger partial charge in [0.2, 0.25) is 0 Å². The lowest BCUT2D eigenvalue weighted by Crippen LogP contribution is -2.51. The molecule has 6 nitrogen and oxygen atoms in total. The van der Waals surface area contributed by atoms with Crippen molar-refractivity contribution < 1.29 is 28.6 Å². The molecule has 1 aliphatic rings. The van der Waals surface area contributed by atoms with E-state index in [1.807, 2.05) is 0 Å². The third-order valence-electron chi connectivity index (χ3n) is 4.21. The molecule has 0 spiro atoms. The van der Waals surface area contributed by atoms with Gasteiger partial charge in [-0.05, 0) is 19.8 Å². The van der Waals surface area contributed by atoms with Gasteiger partial charge in [0.25, 0.3) is 0 Å². The maximum Gasteiger partial charge on any atom is 0.407 e. The number of aliphatic carboxylic acids is 1. The molecule has 23 heavy (non-hydrogen) atoms. The minimum absolute atomic E-state index is 0.00471. The monoisotopic (exact) mass is 348 g/mol. The normalized spacial score (nSPS) is 24.5. The summed E-state index contributed by atoms with van der Waals surface area (Å²) in [6.45, 7) is 1.60. The van der Waals surface area contributed by atoms with E-state index >= 15 is 0 Å². The number of pyridine rings is 1. The minimum Gasteiger partial charge on any atom is -0.481 e. The van der Waals surface area contributed by atoms with Crippen LogP contribution in [0.15, 0.2) is 6.07 Å². The second-order valence-corrected chi connectivity index (χ2v) is 6.09. The van der Waals surface area contributed by atoms with Gasteiger partial charge >= 0.3 is 12.1 Å². The molecule has 2 N–H and O–H groups in total. The number of amides is 1. The summed E-state index contributed by atoms with van der Waals surface area (Å²) in [4.78, 5) is 27.6. The molecule has 1 aromatic rings. The largest absolute Gasteiger partial charge is 0.481 e. The van der Waals surface area contributed by atoms with Crippen LogP contribution >= 0.6 is 11.6 Å². The summed E-state index contributed by atoms with van der Waals surface area (Å²) in [5.41, 5.74) is -1.62. The van der Waals surface area contributed by atoms with E-state index in [2.05, 4.69) is 4.98 Å². The number of hydrogen-bond donors (Lipinski definition) is 2. The second kappa shape index (κ2) is 6.27. The number of carboxylic acid groups (broad SMARTS) is 2. The molecule has 9 heteroatoms. The molecule has 1 aromatic heterocycles. The van der Waals surface area contributed by atoms with Crippen LogP contribution in [0.4, 0.5) is 13.6 Å². The Bertz CT molecular complexity index is 658. The number of rotatable bonds is 3. The van der Waals surface area contributed by atoms with E-state index < -0.39 is 40.3 Å². The fraction of sp³-hybridized carbons (Fsp3) is 0.500. The van der Waals surface area contributed by atoms with Gasteiger partial charge in [0, 0.05) is 25.1 Å². The van der Waals surface area contributed by atoms with Gasteiger partial charge in [-0.25, -0.2) is 18.6 Å². The van der Waals surface area contributed by atoms with E-state index in [9.17, 15) is 23.5 Å². The first-order chi connectivity index (χ1) is 10.7. The predicted molar refractivity (Wildman–Crippen MR) is 76.4 cm³/mol. The fourth-order valence-electron chi connectivity index (χ4n) is 2.97. The Morgan fingerprint density at radius 3 is 2.61 bits per heavy atom. The Hall–Kier alpha value is -1.96. The summed E-state index contributed by atoms with van der Waals surface area (Å²) >= 11 is 5.54. The molecule has 0 radical (unpaired) electrons. The molecular weight excluding hydrogens is 334 g/mol. The van der Waals surface area contributed by atoms with E-state index in [-0.39, 0.29) is 31.5 Å². The van der Waals surface area contributed by atoms with Crippen LogP contribution in [-0.4, -0.2) is 44.7 Å². The minimum atomic E-state index is -1.37. The summed E-state index contributed by atoms with van der Waals surface area (Å²) < 4.78 is 27.0. The zero-order valence-corrected chi connectivity index (χ0v) is 13.0. The third-order valence-corrected chi connectivity index (χ3v) is 4.48. The van der Waals surface area contributed by atoms with E-state index in [4.69, 9.17) is 16.7 Å². The van der Waals surface area contributed by atoms with Crippen molar-refractivity contribution in [2.45, 2.75) is 32.2 Å². The maximum absolute atomic E-state index is 13.9. The lowest BCUT2D eigenvalue weighted by Gasteiger charge is -2.41. The summed E-state index contributed by atoms with van der Waals surface area (Å²) in [5, 5.41) is 18.1. The molecule has 0 aliphatic carbocycles. The lowest BCUT2D eigenvalue weighted by molar-refractivity contribution is -0.153. The number of hydrogen-bond acceptors (Lipinski definition) is 3. The van der Waals surface area contributed by atoms with Crippen LogP contribution < -0.4 is 0 Å². The number of carbonyl (C=O) groups is 2. The first-order valence-corrected chi connectivity index (χ1v) is 7.27. The molecule has 0 aromatic carbocycles. The van der Waals surface area contributed by atoms with Gasteiger partial charge in [0.1, 0.15) is 5.82 Å². The molecule has 1 saturated heterocycles. The van der Waals surface area contributed by atoms with Gasteiger partial charge in [-0.3, -0.25) is 4.79 Å². The first kappa shape index (κ1) is 17.4. The zero-order valence-electron chi connectivity index (χ0n) is 12.2. The van der Waals surface area contributed by atoms with Crippen molar-refractivity contribution in [3.05, 3.63) is 28.5 Å². The van der Waals surface area contributed by atoms with Crippen LogP contribution in [0.25, 0.3) is 0 Å². The van der Waals surface area contributed by atoms with Gasteiger partial charge in [-0.15, -0.1) is 0 Å². The standard InChI is InChI=1S/C14H15ClF2N2O4/c1-7-5-14(12(20)21,2-3-19(7)13(22)23)6-10-8(16)4-9(17)11(15)18-10/h4,7H,2-3,5-6H2,1H3,(H,20,21)(H,22,23)/t7-,14?/m1/s1. The summed E-state index contributed by atoms with van der Waals surface area (Å²) in [6.07, 6.45) is -1.41. The highest BCUT2D eigenvalue weighted by atomic mass is 35.5. The topological polar surface area (TPSA) is 90.7 Å². The van der Waals surface area contributed by atoms with Gasteiger partial charge in [-0.1, -0.05) is 11.6 Å². The van der Waals surface area contributed by atoms with Crippen molar-refractivity contribution in [2.24, 2.45) is 5.41 Å². The molecule has 0 saturated carbocycles. The lowest BCUT2D eigenvalue weighted by atomic mass is 9.72. The number of carboxylic acids is 1. The fourth-order valence-corrected chi connectivity index (χ4v) is 3.13. The Morgan fingerprint density at radius 1 is 1.43 bits per heavy atom. The number of halogens is 3. The smallest absolute Gasteiger partial charge is 0.407 e. The van der Waals surface area contributed by atoms with E-state index in [1.165, 1.54) is 0 Å². The van der Waals surface area contributed by atoms with Crippen molar-refractivity contribution in [1.82, 2.24) is 9.88 Å². The van der Waals surface area contributed by atoms with Gasteiger partial charge < -0.3 is 15.1 Å². The van der Waals surface area contributed by atoms with Crippen molar-refractivity contribution in [3.8, 4) is 0 Å². The molecule has 1 aliphatic heterocycles. The van der Waals surface area contributed by atoms with Gasteiger partial charge in [-0.2, -0.15) is 0 Å². The molecular formula is C14H15ClF2N2O4. The molecule has 0 bridgehead atoms. The van der Waals surface area contributed by atoms with Crippen LogP contribution in [-0.2, 0) is 11.2 Å². The average Bonchev–Trinajstić information content (AvgIpc) is 2.44. The molecule has 1 unspecified atom stereocenters. The average molecular weight is 349 g/mol. The highest BCUT2D eigenvalue weighted by Crippen LogP contribution is 2.39. The van der Waals surface area contributed by atoms with Crippen molar-refractivity contribution in [1.29, 1.82) is 0 Å². The van der Waals surface area contributed by atoms with E-state index in [0.29, 0.717) is 6.07 Å². The maximum atomic E-state index is 13.9. The zero-order chi connectivity index (χ0) is 17.4. The highest BCUT2D eigenvalue weighted by molar-refractivity contribution is 6.29. The van der Waals surface area contributed by atoms with Crippen LogP contribution in [0.3, 0.4) is 0 Å². The van der Waals surface area contributed by atoms with Crippen molar-refractivity contribution in [2.75, 3.05) is 6.54 Å². The Kier molecular flexibility index (Phi) is 4.74. The van der Waals surface area contributed by atoms with Crippen LogP contribution in [0.1, 0.15) is 25.5 Å². The number of nitrogens with zero attached hydrogens (tertiary/aromatic N) is 2. The van der Waals surface area contributed by atoms with Crippen LogP contribution in [0.5, 0.6) is 0 Å². The van der Waals surface area contributed by atoms with Crippen LogP contribution in [0.2, 0.25) is 5.15 Å². The quantitative estimate of drug-likeness (QED) is 0.820. The Morgan fingerprint density at radius 2 is 2.09 bits per heavy atom. The van der Waals surface area contributed by atoms with Crippen molar-refractivity contribution in [3.63, 3.8) is 0 Å².